The van der Waals surface area contributed by atoms with Crippen LogP contribution in [-0.4, -0.2) is 52.8 Å². The molecule has 5 rings (SSSR count). The van der Waals surface area contributed by atoms with E-state index >= 15 is 0 Å². The fraction of sp³-hybridized carbons (Fsp3) is 0.556. The van der Waals surface area contributed by atoms with Gasteiger partial charge in [-0.1, -0.05) is 12.1 Å². The molecule has 1 aromatic carbocycles. The first-order chi connectivity index (χ1) is 12.2. The van der Waals surface area contributed by atoms with Gasteiger partial charge in [0.1, 0.15) is 0 Å². The van der Waals surface area contributed by atoms with Gasteiger partial charge in [0.15, 0.2) is 0 Å². The second-order valence-electron chi connectivity index (χ2n) is 7.38. The number of aromatic amines is 1. The molecule has 1 unspecified atom stereocenters. The van der Waals surface area contributed by atoms with Gasteiger partial charge >= 0.3 is 11.7 Å². The zero-order valence-electron chi connectivity index (χ0n) is 14.0. The van der Waals surface area contributed by atoms with E-state index in [1.165, 1.54) is 0 Å². The summed E-state index contributed by atoms with van der Waals surface area (Å²) in [4.78, 5) is 29.6. The summed E-state index contributed by atoms with van der Waals surface area (Å²) in [5.74, 6) is 1.04. The summed E-state index contributed by atoms with van der Waals surface area (Å²) < 4.78 is 7.22. The lowest BCUT2D eigenvalue weighted by Crippen LogP contribution is -2.47. The van der Waals surface area contributed by atoms with Crippen LogP contribution in [0.2, 0.25) is 0 Å². The SMILES string of the molecule is O=C(NC1[C@H]2COC[C@@H]12)N1CCC(n2c(=O)[nH]c3ccccc32)CC1. The van der Waals surface area contributed by atoms with E-state index in [0.717, 1.165) is 37.1 Å². The van der Waals surface area contributed by atoms with Crippen molar-refractivity contribution in [1.82, 2.24) is 19.8 Å². The van der Waals surface area contributed by atoms with E-state index in [9.17, 15) is 9.59 Å². The van der Waals surface area contributed by atoms with Crippen LogP contribution in [0.15, 0.2) is 29.1 Å². The van der Waals surface area contributed by atoms with Gasteiger partial charge in [0.25, 0.3) is 0 Å². The highest BCUT2D eigenvalue weighted by Crippen LogP contribution is 2.44. The molecule has 7 heteroatoms. The van der Waals surface area contributed by atoms with Gasteiger partial charge in [-0.3, -0.25) is 4.57 Å². The summed E-state index contributed by atoms with van der Waals surface area (Å²) >= 11 is 0. The number of amides is 2. The number of ether oxygens (including phenoxy) is 1. The molecule has 132 valence electrons. The van der Waals surface area contributed by atoms with Crippen LogP contribution in [0.5, 0.6) is 0 Å². The van der Waals surface area contributed by atoms with Crippen molar-refractivity contribution in [1.29, 1.82) is 0 Å². The fourth-order valence-corrected chi connectivity index (χ4v) is 4.45. The Balaban J connectivity index is 1.24. The highest BCUT2D eigenvalue weighted by Gasteiger charge is 2.55. The number of imidazole rings is 1. The van der Waals surface area contributed by atoms with E-state index < -0.39 is 0 Å². The number of hydrogen-bond acceptors (Lipinski definition) is 3. The maximum absolute atomic E-state index is 12.5. The van der Waals surface area contributed by atoms with Crippen LogP contribution in [0.1, 0.15) is 18.9 Å². The number of rotatable bonds is 2. The number of urea groups is 1. The lowest BCUT2D eigenvalue weighted by Gasteiger charge is -2.32. The average Bonchev–Trinajstić information content (AvgIpc) is 2.99. The van der Waals surface area contributed by atoms with Crippen LogP contribution in [0, 0.1) is 11.8 Å². The standard InChI is InChI=1S/C18H22N4O3/c23-17(20-16-12-9-25-10-13(12)16)21-7-5-11(6-8-21)22-15-4-2-1-3-14(15)19-18(22)24/h1-4,11-13,16H,5-10H2,(H,19,24)(H,20,23)/t12-,13+,16?. The molecule has 3 aliphatic rings. The number of para-hydroxylation sites is 2. The van der Waals surface area contributed by atoms with Crippen molar-refractivity contribution < 1.29 is 9.53 Å². The Morgan fingerprint density at radius 1 is 1.16 bits per heavy atom. The predicted molar refractivity (Wildman–Crippen MR) is 92.5 cm³/mol. The molecule has 1 aliphatic carbocycles. The molecule has 2 aliphatic heterocycles. The monoisotopic (exact) mass is 342 g/mol. The summed E-state index contributed by atoms with van der Waals surface area (Å²) in [6.07, 6.45) is 1.60. The van der Waals surface area contributed by atoms with Crippen molar-refractivity contribution in [3.8, 4) is 0 Å². The molecular formula is C18H22N4O3. The zero-order chi connectivity index (χ0) is 17.0. The summed E-state index contributed by atoms with van der Waals surface area (Å²) in [6, 6.07) is 8.24. The van der Waals surface area contributed by atoms with E-state index in [-0.39, 0.29) is 17.8 Å². The summed E-state index contributed by atoms with van der Waals surface area (Å²) in [5, 5.41) is 3.15. The Kier molecular flexibility index (Phi) is 3.38. The smallest absolute Gasteiger partial charge is 0.326 e. The first-order valence-electron chi connectivity index (χ1n) is 9.05. The van der Waals surface area contributed by atoms with Crippen molar-refractivity contribution in [3.63, 3.8) is 0 Å². The van der Waals surface area contributed by atoms with Gasteiger partial charge < -0.3 is 19.9 Å². The average molecular weight is 342 g/mol. The van der Waals surface area contributed by atoms with Gasteiger partial charge in [0.05, 0.1) is 24.2 Å². The molecule has 3 atom stereocenters. The zero-order valence-corrected chi connectivity index (χ0v) is 14.0. The molecular weight excluding hydrogens is 320 g/mol. The van der Waals surface area contributed by atoms with E-state index in [1.807, 2.05) is 33.7 Å². The number of H-pyrrole nitrogens is 1. The molecule has 3 fully saturated rings. The molecule has 1 aromatic heterocycles. The molecule has 3 heterocycles. The van der Waals surface area contributed by atoms with Crippen molar-refractivity contribution in [2.24, 2.45) is 11.8 Å². The van der Waals surface area contributed by atoms with Gasteiger partial charge in [-0.05, 0) is 25.0 Å². The second kappa shape index (κ2) is 5.62. The molecule has 1 saturated carbocycles. The Morgan fingerprint density at radius 3 is 2.64 bits per heavy atom. The number of aromatic nitrogens is 2. The summed E-state index contributed by atoms with van der Waals surface area (Å²) in [6.45, 7) is 2.92. The highest BCUT2D eigenvalue weighted by atomic mass is 16.5. The van der Waals surface area contributed by atoms with Gasteiger partial charge in [-0.2, -0.15) is 0 Å². The third kappa shape index (κ3) is 2.45. The second-order valence-corrected chi connectivity index (χ2v) is 7.38. The van der Waals surface area contributed by atoms with Crippen LogP contribution in [-0.2, 0) is 4.74 Å². The number of carbonyl (C=O) groups excluding carboxylic acids is 1. The summed E-state index contributed by atoms with van der Waals surface area (Å²) in [7, 11) is 0. The highest BCUT2D eigenvalue weighted by molar-refractivity contribution is 5.76. The number of nitrogens with zero attached hydrogens (tertiary/aromatic N) is 2. The number of nitrogens with one attached hydrogen (secondary N) is 2. The minimum atomic E-state index is -0.0603. The van der Waals surface area contributed by atoms with Gasteiger partial charge in [0, 0.05) is 37.0 Å². The van der Waals surface area contributed by atoms with E-state index in [0.29, 0.717) is 31.0 Å². The van der Waals surface area contributed by atoms with E-state index in [4.69, 9.17) is 4.74 Å². The van der Waals surface area contributed by atoms with Crippen LogP contribution in [0.4, 0.5) is 4.79 Å². The fourth-order valence-electron chi connectivity index (χ4n) is 4.45. The lowest BCUT2D eigenvalue weighted by atomic mass is 10.0. The van der Waals surface area contributed by atoms with Gasteiger partial charge in [-0.15, -0.1) is 0 Å². The number of carbonyl (C=O) groups is 1. The number of hydrogen-bond donors (Lipinski definition) is 2. The molecule has 7 nitrogen and oxygen atoms in total. The lowest BCUT2D eigenvalue weighted by molar-refractivity contribution is 0.147. The number of likely N-dealkylation sites (tertiary alicyclic amines) is 1. The molecule has 2 saturated heterocycles. The molecule has 0 spiro atoms. The van der Waals surface area contributed by atoms with Crippen LogP contribution >= 0.6 is 0 Å². The normalized spacial score (nSPS) is 29.0. The molecule has 2 amide bonds. The molecule has 2 aromatic rings. The summed E-state index contributed by atoms with van der Waals surface area (Å²) in [5.41, 5.74) is 1.76. The minimum Gasteiger partial charge on any atom is -0.381 e. The molecule has 25 heavy (non-hydrogen) atoms. The maximum atomic E-state index is 12.5. The first-order valence-corrected chi connectivity index (χ1v) is 9.05. The van der Waals surface area contributed by atoms with Crippen molar-refractivity contribution in [3.05, 3.63) is 34.7 Å². The van der Waals surface area contributed by atoms with Gasteiger partial charge in [0.2, 0.25) is 0 Å². The number of fused-ring (bicyclic) bond motifs is 2. The van der Waals surface area contributed by atoms with Crippen molar-refractivity contribution in [2.75, 3.05) is 26.3 Å². The van der Waals surface area contributed by atoms with E-state index in [2.05, 4.69) is 10.3 Å². The van der Waals surface area contributed by atoms with Crippen molar-refractivity contribution >= 4 is 17.1 Å². The minimum absolute atomic E-state index is 0.0316. The van der Waals surface area contributed by atoms with Crippen LogP contribution in [0.3, 0.4) is 0 Å². The van der Waals surface area contributed by atoms with Crippen LogP contribution < -0.4 is 11.0 Å². The number of benzene rings is 1. The third-order valence-corrected chi connectivity index (χ3v) is 5.98. The first kappa shape index (κ1) is 15.0. The Labute approximate surface area is 144 Å². The topological polar surface area (TPSA) is 79.4 Å². The Bertz CT molecular complexity index is 855. The molecule has 0 radical (unpaired) electrons. The Morgan fingerprint density at radius 2 is 1.88 bits per heavy atom. The van der Waals surface area contributed by atoms with E-state index in [1.54, 1.807) is 0 Å². The third-order valence-electron chi connectivity index (χ3n) is 5.98. The Hall–Kier alpha value is -2.28. The quantitative estimate of drug-likeness (QED) is 0.864. The predicted octanol–water partition coefficient (Wildman–Crippen LogP) is 1.32. The molecule has 0 bridgehead atoms. The van der Waals surface area contributed by atoms with Gasteiger partial charge in [-0.25, -0.2) is 9.59 Å². The van der Waals surface area contributed by atoms with Crippen molar-refractivity contribution in [2.45, 2.75) is 24.9 Å². The number of piperidine rings is 1. The largest absolute Gasteiger partial charge is 0.381 e. The van der Waals surface area contributed by atoms with Crippen LogP contribution in [0.25, 0.3) is 11.0 Å². The maximum Gasteiger partial charge on any atom is 0.326 e. The molecule has 2 N–H and O–H groups in total.